The first-order valence-corrected chi connectivity index (χ1v) is 13.5. The molecule has 1 fully saturated rings. The number of hydrogen-bond acceptors (Lipinski definition) is 9. The number of thiazole rings is 1. The summed E-state index contributed by atoms with van der Waals surface area (Å²) in [5.41, 5.74) is 0.543. The minimum absolute atomic E-state index is 0.0229. The summed E-state index contributed by atoms with van der Waals surface area (Å²) in [4.78, 5) is 44.2. The maximum absolute atomic E-state index is 13.3. The summed E-state index contributed by atoms with van der Waals surface area (Å²) >= 11 is 1.30. The third kappa shape index (κ3) is 5.22. The van der Waals surface area contributed by atoms with E-state index in [-0.39, 0.29) is 36.6 Å². The first-order valence-electron chi connectivity index (χ1n) is 12.6. The lowest BCUT2D eigenvalue weighted by atomic mass is 10.2. The van der Waals surface area contributed by atoms with Gasteiger partial charge in [0.2, 0.25) is 5.95 Å². The third-order valence-corrected chi connectivity index (χ3v) is 7.85. The predicted octanol–water partition coefficient (Wildman–Crippen LogP) is 3.55. The van der Waals surface area contributed by atoms with Crippen molar-refractivity contribution in [1.29, 1.82) is 0 Å². The van der Waals surface area contributed by atoms with Gasteiger partial charge in [-0.05, 0) is 26.7 Å². The van der Waals surface area contributed by atoms with E-state index in [1.54, 1.807) is 23.9 Å². The molecule has 5 rings (SSSR count). The highest BCUT2D eigenvalue weighted by Gasteiger charge is 2.46. The highest BCUT2D eigenvalue weighted by atomic mass is 32.1. The van der Waals surface area contributed by atoms with Crippen molar-refractivity contribution >= 4 is 34.3 Å². The summed E-state index contributed by atoms with van der Waals surface area (Å²) in [5, 5.41) is 5.46. The number of imidazole rings is 1. The number of anilines is 2. The van der Waals surface area contributed by atoms with Crippen molar-refractivity contribution < 1.29 is 13.2 Å². The smallest absolute Gasteiger partial charge is 0.342 e. The predicted molar refractivity (Wildman–Crippen MR) is 150 cm³/mol. The van der Waals surface area contributed by atoms with Gasteiger partial charge in [-0.2, -0.15) is 13.2 Å². The topological polar surface area (TPSA) is 116 Å². The van der Waals surface area contributed by atoms with Crippen LogP contribution in [-0.2, 0) is 13.6 Å². The van der Waals surface area contributed by atoms with Crippen LogP contribution in [0.1, 0.15) is 32.7 Å². The lowest BCUT2D eigenvalue weighted by Crippen LogP contribution is -2.42. The maximum Gasteiger partial charge on any atom is 0.408 e. The second-order valence-electron chi connectivity index (χ2n) is 9.51. The molecule has 0 amide bonds. The number of halogens is 3. The highest BCUT2D eigenvalue weighted by molar-refractivity contribution is 7.13. The second kappa shape index (κ2) is 10.8. The van der Waals surface area contributed by atoms with Crippen LogP contribution in [0.25, 0.3) is 21.7 Å². The fourth-order valence-corrected chi connectivity index (χ4v) is 5.43. The molecule has 1 N–H and O–H groups in total. The summed E-state index contributed by atoms with van der Waals surface area (Å²) < 4.78 is 44.0. The van der Waals surface area contributed by atoms with Crippen molar-refractivity contribution in [1.82, 2.24) is 33.6 Å². The molecule has 0 saturated carbocycles. The molecule has 0 aliphatic carbocycles. The molecule has 0 bridgehead atoms. The van der Waals surface area contributed by atoms with Gasteiger partial charge in [-0.3, -0.25) is 9.36 Å². The van der Waals surface area contributed by atoms with Gasteiger partial charge in [0.1, 0.15) is 16.9 Å². The minimum Gasteiger partial charge on any atom is -0.342 e. The monoisotopic (exact) mass is 585 g/mol. The van der Waals surface area contributed by atoms with Gasteiger partial charge in [-0.15, -0.1) is 17.3 Å². The number of hydrogen-bond donors (Lipinski definition) is 1. The van der Waals surface area contributed by atoms with Crippen LogP contribution < -0.4 is 21.5 Å². The average Bonchev–Trinajstić information content (AvgIpc) is 3.71. The number of aromatic nitrogens is 7. The molecule has 214 valence electrons. The van der Waals surface area contributed by atoms with Crippen LogP contribution in [0.4, 0.5) is 24.9 Å². The van der Waals surface area contributed by atoms with Gasteiger partial charge in [0, 0.05) is 42.6 Å². The molecule has 0 aromatic carbocycles. The molecule has 5 heterocycles. The Morgan fingerprint density at radius 3 is 2.68 bits per heavy atom. The van der Waals surface area contributed by atoms with E-state index in [1.807, 2.05) is 6.92 Å². The fourth-order valence-electron chi connectivity index (χ4n) is 4.71. The van der Waals surface area contributed by atoms with Crippen molar-refractivity contribution in [2.75, 3.05) is 16.8 Å². The normalized spacial score (nSPS) is 16.0. The summed E-state index contributed by atoms with van der Waals surface area (Å²) in [6.45, 7) is 7.76. The van der Waals surface area contributed by atoms with E-state index in [4.69, 9.17) is 0 Å². The van der Waals surface area contributed by atoms with Crippen LogP contribution in [0.3, 0.4) is 0 Å². The molecule has 4 aromatic heterocycles. The van der Waals surface area contributed by atoms with Gasteiger partial charge in [-0.1, -0.05) is 12.5 Å². The third-order valence-electron chi connectivity index (χ3n) is 6.96. The fraction of sp³-hybridized carbons (Fsp3) is 0.385. The van der Waals surface area contributed by atoms with Crippen molar-refractivity contribution in [2.45, 2.75) is 51.5 Å². The van der Waals surface area contributed by atoms with Crippen molar-refractivity contribution in [3.63, 3.8) is 0 Å². The molecule has 0 radical (unpaired) electrons. The van der Waals surface area contributed by atoms with Gasteiger partial charge in [0.05, 0.1) is 18.9 Å². The lowest BCUT2D eigenvalue weighted by Gasteiger charge is -2.26. The summed E-state index contributed by atoms with van der Waals surface area (Å²) in [5.74, 6) is 5.96. The number of alkyl halides is 3. The van der Waals surface area contributed by atoms with Gasteiger partial charge < -0.3 is 14.8 Å². The standard InChI is InChI=1S/C26H26F3N9O2S/c1-5-6-9-37-23(39)20-21(35(4)25(37)40)32-14-38(20)16(3)15(2)33-19-13-41-22(34-19)17-11-30-24(31-12-17)36-10-7-8-18(36)26(27,28)29/h11-14,16,18,33H,2,7-10H2,1,3-4H3/t16-,18-/m0/s1. The van der Waals surface area contributed by atoms with Gasteiger partial charge in [0.25, 0.3) is 5.56 Å². The Morgan fingerprint density at radius 2 is 2.00 bits per heavy atom. The molecule has 1 saturated heterocycles. The first kappa shape index (κ1) is 28.1. The largest absolute Gasteiger partial charge is 0.408 e. The van der Waals surface area contributed by atoms with E-state index >= 15 is 0 Å². The zero-order chi connectivity index (χ0) is 29.5. The Hall–Kier alpha value is -4.45. The van der Waals surface area contributed by atoms with Crippen LogP contribution in [0.15, 0.2) is 46.0 Å². The number of nitrogens with one attached hydrogen (secondary N) is 1. The maximum atomic E-state index is 13.3. The quantitative estimate of drug-likeness (QED) is 0.328. The van der Waals surface area contributed by atoms with E-state index in [0.29, 0.717) is 28.5 Å². The average molecular weight is 586 g/mol. The van der Waals surface area contributed by atoms with E-state index in [9.17, 15) is 22.8 Å². The van der Waals surface area contributed by atoms with E-state index in [0.717, 1.165) is 4.57 Å². The SMILES string of the molecule is C=C(Nc1csc(-c2cnc(N3CCC[C@H]3C(F)(F)F)nc2)n1)[C@H](C)n1cnc2c1c(=O)n(CC#CC)c(=O)n2C. The zero-order valence-corrected chi connectivity index (χ0v) is 23.3. The van der Waals surface area contributed by atoms with Gasteiger partial charge in [-0.25, -0.2) is 29.3 Å². The summed E-state index contributed by atoms with van der Waals surface area (Å²) in [7, 11) is 1.54. The Bertz CT molecular complexity index is 1790. The Morgan fingerprint density at radius 1 is 1.27 bits per heavy atom. The van der Waals surface area contributed by atoms with Crippen molar-refractivity contribution in [3.05, 3.63) is 57.2 Å². The number of nitrogens with zero attached hydrogens (tertiary/aromatic N) is 8. The number of allylic oxidation sites excluding steroid dienone is 1. The molecule has 15 heteroatoms. The van der Waals surface area contributed by atoms with Gasteiger partial charge >= 0.3 is 11.9 Å². The zero-order valence-electron chi connectivity index (χ0n) is 22.4. The minimum atomic E-state index is -4.34. The molecule has 2 atom stereocenters. The van der Waals surface area contributed by atoms with E-state index < -0.39 is 29.5 Å². The van der Waals surface area contributed by atoms with Crippen LogP contribution in [0.5, 0.6) is 0 Å². The highest BCUT2D eigenvalue weighted by Crippen LogP contribution is 2.35. The first-order chi connectivity index (χ1) is 19.5. The number of aryl methyl sites for hydroxylation is 1. The van der Waals surface area contributed by atoms with Crippen molar-refractivity contribution in [3.8, 4) is 22.4 Å². The molecule has 0 unspecified atom stereocenters. The summed E-state index contributed by atoms with van der Waals surface area (Å²) in [6, 6.07) is -2.03. The molecule has 1 aliphatic heterocycles. The molecular weight excluding hydrogens is 559 g/mol. The second-order valence-corrected chi connectivity index (χ2v) is 10.4. The molecular formula is C26H26F3N9O2S. The summed E-state index contributed by atoms with van der Waals surface area (Å²) in [6.07, 6.45) is 0.514. The van der Waals surface area contributed by atoms with E-state index in [1.165, 1.54) is 39.5 Å². The molecule has 1 aliphatic rings. The molecule has 4 aromatic rings. The van der Waals surface area contributed by atoms with E-state index in [2.05, 4.69) is 43.7 Å². The lowest BCUT2D eigenvalue weighted by molar-refractivity contribution is -0.146. The Balaban J connectivity index is 1.34. The van der Waals surface area contributed by atoms with Gasteiger partial charge in [0.15, 0.2) is 11.2 Å². The molecule has 41 heavy (non-hydrogen) atoms. The number of fused-ring (bicyclic) bond motifs is 1. The van der Waals surface area contributed by atoms with Crippen molar-refractivity contribution in [2.24, 2.45) is 7.05 Å². The van der Waals surface area contributed by atoms with Crippen LogP contribution >= 0.6 is 11.3 Å². The Labute approximate surface area is 236 Å². The molecule has 0 spiro atoms. The van der Waals surface area contributed by atoms with Crippen LogP contribution in [0.2, 0.25) is 0 Å². The van der Waals surface area contributed by atoms with Crippen LogP contribution in [-0.4, -0.2) is 52.4 Å². The molecule has 11 nitrogen and oxygen atoms in total. The Kier molecular flexibility index (Phi) is 7.43. The number of rotatable bonds is 7. The van der Waals surface area contributed by atoms with Crippen LogP contribution in [0, 0.1) is 11.8 Å².